The van der Waals surface area contributed by atoms with E-state index in [1.807, 2.05) is 50.2 Å². The maximum absolute atomic E-state index is 11.7. The largest absolute Gasteiger partial charge is 0.373 e. The molecule has 0 saturated carbocycles. The predicted molar refractivity (Wildman–Crippen MR) is 74.0 cm³/mol. The van der Waals surface area contributed by atoms with Gasteiger partial charge in [0.25, 0.3) is 0 Å². The predicted octanol–water partition coefficient (Wildman–Crippen LogP) is 4.11. The Bertz CT molecular complexity index is 574. The van der Waals surface area contributed by atoms with Crippen LogP contribution in [0.4, 0.5) is 0 Å². The molecule has 2 aromatic carbocycles. The first kappa shape index (κ1) is 13.3. The van der Waals surface area contributed by atoms with E-state index in [0.717, 1.165) is 16.7 Å². The molecule has 0 bridgehead atoms. The first-order valence-electron chi connectivity index (χ1n) is 6.19. The van der Waals surface area contributed by atoms with Gasteiger partial charge in [-0.15, -0.1) is 0 Å². The van der Waals surface area contributed by atoms with Crippen LogP contribution >= 0.6 is 0 Å². The van der Waals surface area contributed by atoms with Crippen LogP contribution in [-0.2, 0) is 4.89 Å². The molecule has 2 rings (SSSR count). The molecule has 3 nitrogen and oxygen atoms in total. The van der Waals surface area contributed by atoms with Gasteiger partial charge in [-0.3, -0.25) is 4.89 Å². The van der Waals surface area contributed by atoms with Gasteiger partial charge < -0.3 is 0 Å². The Kier molecular flexibility index (Phi) is 3.97. The third-order valence-electron chi connectivity index (χ3n) is 3.07. The van der Waals surface area contributed by atoms with Crippen LogP contribution in [0.15, 0.2) is 48.5 Å². The smallest absolute Gasteiger partial charge is 0.295 e. The maximum atomic E-state index is 11.7. The second-order valence-electron chi connectivity index (χ2n) is 4.67. The van der Waals surface area contributed by atoms with Gasteiger partial charge in [0.2, 0.25) is 0 Å². The van der Waals surface area contributed by atoms with Crippen molar-refractivity contribution in [3.63, 3.8) is 0 Å². The van der Waals surface area contributed by atoms with Crippen molar-refractivity contribution in [1.82, 2.24) is 0 Å². The van der Waals surface area contributed by atoms with Gasteiger partial charge in [0.15, 0.2) is 0 Å². The Morgan fingerprint density at radius 2 is 1.74 bits per heavy atom. The quantitative estimate of drug-likeness (QED) is 0.664. The minimum absolute atomic E-state index is 0.144. The molecule has 0 aliphatic carbocycles. The zero-order chi connectivity index (χ0) is 13.8. The number of carbonyl (C=O) groups is 1. The molecule has 0 spiro atoms. The van der Waals surface area contributed by atoms with Crippen molar-refractivity contribution < 1.29 is 14.9 Å². The second-order valence-corrected chi connectivity index (χ2v) is 4.67. The fourth-order valence-electron chi connectivity index (χ4n) is 2.28. The highest BCUT2D eigenvalue weighted by Gasteiger charge is 2.19. The Morgan fingerprint density at radius 1 is 1.05 bits per heavy atom. The summed E-state index contributed by atoms with van der Waals surface area (Å²) in [5, 5.41) is 8.61. The van der Waals surface area contributed by atoms with Crippen molar-refractivity contribution in [1.29, 1.82) is 0 Å². The third-order valence-corrected chi connectivity index (χ3v) is 3.07. The SMILES string of the molecule is CC(C)c1c(C(=O)OO)cccc1-c1ccccc1. The summed E-state index contributed by atoms with van der Waals surface area (Å²) in [5.74, 6) is -0.577. The molecule has 0 atom stereocenters. The number of carbonyl (C=O) groups excluding carboxylic acids is 1. The van der Waals surface area contributed by atoms with Crippen LogP contribution in [0.3, 0.4) is 0 Å². The zero-order valence-corrected chi connectivity index (χ0v) is 11.0. The van der Waals surface area contributed by atoms with Gasteiger partial charge >= 0.3 is 5.97 Å². The lowest BCUT2D eigenvalue weighted by molar-refractivity contribution is -0.182. The number of rotatable bonds is 3. The van der Waals surface area contributed by atoms with E-state index >= 15 is 0 Å². The highest BCUT2D eigenvalue weighted by atomic mass is 17.1. The lowest BCUT2D eigenvalue weighted by Gasteiger charge is -2.16. The Morgan fingerprint density at radius 3 is 2.32 bits per heavy atom. The summed E-state index contributed by atoms with van der Waals surface area (Å²) in [5.41, 5.74) is 3.31. The van der Waals surface area contributed by atoms with Gasteiger partial charge in [0.1, 0.15) is 0 Å². The van der Waals surface area contributed by atoms with Gasteiger partial charge in [-0.05, 0) is 28.7 Å². The summed E-state index contributed by atoms with van der Waals surface area (Å²) < 4.78 is 0. The summed E-state index contributed by atoms with van der Waals surface area (Å²) in [7, 11) is 0. The molecule has 98 valence electrons. The Labute approximate surface area is 112 Å². The van der Waals surface area contributed by atoms with Gasteiger partial charge in [-0.25, -0.2) is 4.79 Å². The topological polar surface area (TPSA) is 46.5 Å². The fraction of sp³-hybridized carbons (Fsp3) is 0.188. The van der Waals surface area contributed by atoms with Gasteiger partial charge in [-0.2, -0.15) is 5.26 Å². The third kappa shape index (κ3) is 2.66. The Hall–Kier alpha value is -2.13. The van der Waals surface area contributed by atoms with E-state index in [1.54, 1.807) is 12.1 Å². The molecule has 0 aliphatic heterocycles. The molecule has 0 aliphatic rings. The van der Waals surface area contributed by atoms with Crippen LogP contribution in [0.25, 0.3) is 11.1 Å². The zero-order valence-electron chi connectivity index (χ0n) is 11.0. The maximum Gasteiger partial charge on any atom is 0.373 e. The second kappa shape index (κ2) is 5.67. The van der Waals surface area contributed by atoms with Gasteiger partial charge in [0, 0.05) is 0 Å². The fourth-order valence-corrected chi connectivity index (χ4v) is 2.28. The van der Waals surface area contributed by atoms with E-state index in [4.69, 9.17) is 5.26 Å². The Balaban J connectivity index is 2.65. The molecule has 0 heterocycles. The monoisotopic (exact) mass is 256 g/mol. The van der Waals surface area contributed by atoms with E-state index < -0.39 is 5.97 Å². The van der Waals surface area contributed by atoms with Crippen molar-refractivity contribution in [3.05, 3.63) is 59.7 Å². The molecule has 0 saturated heterocycles. The van der Waals surface area contributed by atoms with E-state index in [2.05, 4.69) is 4.89 Å². The molecule has 0 amide bonds. The van der Waals surface area contributed by atoms with Crippen molar-refractivity contribution in [2.45, 2.75) is 19.8 Å². The molecular weight excluding hydrogens is 240 g/mol. The van der Waals surface area contributed by atoms with Crippen LogP contribution in [0.5, 0.6) is 0 Å². The van der Waals surface area contributed by atoms with Crippen LogP contribution in [-0.4, -0.2) is 11.2 Å². The van der Waals surface area contributed by atoms with Crippen molar-refractivity contribution in [3.8, 4) is 11.1 Å². The van der Waals surface area contributed by atoms with E-state index in [1.165, 1.54) is 0 Å². The van der Waals surface area contributed by atoms with Crippen molar-refractivity contribution in [2.75, 3.05) is 0 Å². The lowest BCUT2D eigenvalue weighted by atomic mass is 9.88. The summed E-state index contributed by atoms with van der Waals surface area (Å²) in [6, 6.07) is 15.3. The average molecular weight is 256 g/mol. The van der Waals surface area contributed by atoms with Crippen molar-refractivity contribution in [2.24, 2.45) is 0 Å². The highest BCUT2D eigenvalue weighted by molar-refractivity contribution is 5.93. The summed E-state index contributed by atoms with van der Waals surface area (Å²) in [6.07, 6.45) is 0. The summed E-state index contributed by atoms with van der Waals surface area (Å²) in [6.45, 7) is 4.02. The molecule has 1 N–H and O–H groups in total. The molecule has 0 radical (unpaired) electrons. The number of benzene rings is 2. The minimum atomic E-state index is -0.721. The number of hydrogen-bond donors (Lipinski definition) is 1. The molecule has 2 aromatic rings. The van der Waals surface area contributed by atoms with Crippen LogP contribution in [0.1, 0.15) is 35.7 Å². The van der Waals surface area contributed by atoms with Crippen LogP contribution < -0.4 is 0 Å². The standard InChI is InChI=1S/C16H16O3/c1-11(2)15-13(12-7-4-3-5-8-12)9-6-10-14(15)16(17)19-18/h3-11,18H,1-2H3. The van der Waals surface area contributed by atoms with E-state index in [0.29, 0.717) is 5.56 Å². The minimum Gasteiger partial charge on any atom is -0.295 e. The van der Waals surface area contributed by atoms with E-state index in [9.17, 15) is 4.79 Å². The normalized spacial score (nSPS) is 10.5. The van der Waals surface area contributed by atoms with Gasteiger partial charge in [0.05, 0.1) is 5.56 Å². The number of hydrogen-bond acceptors (Lipinski definition) is 3. The molecule has 0 aromatic heterocycles. The van der Waals surface area contributed by atoms with Crippen LogP contribution in [0.2, 0.25) is 0 Å². The summed E-state index contributed by atoms with van der Waals surface area (Å²) >= 11 is 0. The van der Waals surface area contributed by atoms with Crippen LogP contribution in [0, 0.1) is 0 Å². The molecule has 3 heteroatoms. The highest BCUT2D eigenvalue weighted by Crippen LogP contribution is 2.32. The lowest BCUT2D eigenvalue weighted by Crippen LogP contribution is -2.08. The van der Waals surface area contributed by atoms with Crippen molar-refractivity contribution >= 4 is 5.97 Å². The van der Waals surface area contributed by atoms with E-state index in [-0.39, 0.29) is 5.92 Å². The first-order chi connectivity index (χ1) is 9.15. The molecule has 0 fully saturated rings. The average Bonchev–Trinajstić information content (AvgIpc) is 2.46. The molecular formula is C16H16O3. The molecule has 19 heavy (non-hydrogen) atoms. The van der Waals surface area contributed by atoms with Gasteiger partial charge in [-0.1, -0.05) is 56.3 Å². The molecule has 0 unspecified atom stereocenters. The summed E-state index contributed by atoms with van der Waals surface area (Å²) in [4.78, 5) is 15.5. The first-order valence-corrected chi connectivity index (χ1v) is 6.19.